The average molecular weight is 401 g/mol. The first-order valence-electron chi connectivity index (χ1n) is 8.69. The number of hydrogen-bond acceptors (Lipinski definition) is 11. The number of hydrazone groups is 1. The molecule has 1 saturated heterocycles. The first kappa shape index (κ1) is 19.0. The fourth-order valence-corrected chi connectivity index (χ4v) is 3.10. The third kappa shape index (κ3) is 3.34. The molecule has 0 spiro atoms. The van der Waals surface area contributed by atoms with Gasteiger partial charge in [0.2, 0.25) is 5.95 Å². The van der Waals surface area contributed by atoms with Crippen LogP contribution in [0.4, 0.5) is 11.8 Å². The highest BCUT2D eigenvalue weighted by Crippen LogP contribution is 2.35. The predicted molar refractivity (Wildman–Crippen MR) is 102 cm³/mol. The lowest BCUT2D eigenvalue weighted by atomic mass is 10.1. The van der Waals surface area contributed by atoms with E-state index in [9.17, 15) is 20.4 Å². The molecule has 3 heterocycles. The summed E-state index contributed by atoms with van der Waals surface area (Å²) < 4.78 is 6.97. The summed E-state index contributed by atoms with van der Waals surface area (Å²) in [4.78, 5) is 12.3. The second-order valence-corrected chi connectivity index (χ2v) is 6.39. The van der Waals surface area contributed by atoms with E-state index >= 15 is 0 Å². The molecule has 29 heavy (non-hydrogen) atoms. The number of phenols is 1. The zero-order chi connectivity index (χ0) is 20.5. The van der Waals surface area contributed by atoms with Gasteiger partial charge in [0.25, 0.3) is 0 Å². The van der Waals surface area contributed by atoms with Crippen molar-refractivity contribution >= 4 is 29.1 Å². The molecule has 12 heteroatoms. The van der Waals surface area contributed by atoms with Crippen molar-refractivity contribution in [3.05, 3.63) is 36.2 Å². The summed E-state index contributed by atoms with van der Waals surface area (Å²) in [7, 11) is 0. The number of nitrogens with one attached hydrogen (secondary N) is 1. The molecule has 2 aromatic heterocycles. The van der Waals surface area contributed by atoms with Crippen LogP contribution in [-0.4, -0.2) is 71.1 Å². The number of ether oxygens (including phenoxy) is 1. The van der Waals surface area contributed by atoms with E-state index in [4.69, 9.17) is 10.5 Å². The average Bonchev–Trinajstić information content (AvgIpc) is 3.22. The highest BCUT2D eigenvalue weighted by Gasteiger charge is 2.45. The molecule has 152 valence electrons. The number of aliphatic hydroxyl groups excluding tert-OH is 3. The molecule has 3 aromatic rings. The van der Waals surface area contributed by atoms with E-state index < -0.39 is 31.1 Å². The summed E-state index contributed by atoms with van der Waals surface area (Å²) in [5.41, 5.74) is 9.53. The lowest BCUT2D eigenvalue weighted by Gasteiger charge is -2.18. The summed E-state index contributed by atoms with van der Waals surface area (Å²) in [5, 5.41) is 43.8. The number of benzene rings is 1. The number of aromatic hydroxyl groups is 1. The zero-order valence-corrected chi connectivity index (χ0v) is 15.0. The Morgan fingerprint density at radius 1 is 1.24 bits per heavy atom. The Bertz CT molecular complexity index is 1060. The van der Waals surface area contributed by atoms with Crippen molar-refractivity contribution < 1.29 is 25.2 Å². The van der Waals surface area contributed by atoms with Crippen LogP contribution < -0.4 is 11.2 Å². The Morgan fingerprint density at radius 2 is 2.03 bits per heavy atom. The number of aliphatic hydroxyl groups is 3. The maximum Gasteiger partial charge on any atom is 0.228 e. The van der Waals surface area contributed by atoms with Crippen molar-refractivity contribution in [1.29, 1.82) is 0 Å². The van der Waals surface area contributed by atoms with E-state index in [1.807, 2.05) is 0 Å². The van der Waals surface area contributed by atoms with Crippen LogP contribution in [0.15, 0.2) is 35.7 Å². The first-order valence-corrected chi connectivity index (χ1v) is 8.69. The Balaban J connectivity index is 1.73. The van der Waals surface area contributed by atoms with Crippen molar-refractivity contribution in [2.75, 3.05) is 17.8 Å². The van der Waals surface area contributed by atoms with Gasteiger partial charge in [0, 0.05) is 5.56 Å². The third-order valence-electron chi connectivity index (χ3n) is 4.58. The number of nitrogens with two attached hydrogens (primary N) is 1. The summed E-state index contributed by atoms with van der Waals surface area (Å²) in [5.74, 6) is 0.257. The Morgan fingerprint density at radius 3 is 2.76 bits per heavy atom. The maximum absolute atomic E-state index is 10.4. The topological polar surface area (TPSA) is 184 Å². The summed E-state index contributed by atoms with van der Waals surface area (Å²) in [6.07, 6.45) is -2.14. The maximum atomic E-state index is 10.4. The normalized spacial score (nSPS) is 24.5. The standard InChI is InChI=1S/C17H19N7O5/c18-14-11-15(20-7-19-14)24(16-13(28)12(27)10(6-25)29-16)17(22-11)23-21-5-8-3-1-2-4-9(8)26/h1-5,7,10,12-13,16,25-28H,6H2,(H,22,23)(H2,18,19,20)/b21-5-/t10-,12+,13-,16+/m0/s1. The van der Waals surface area contributed by atoms with Crippen LogP contribution >= 0.6 is 0 Å². The van der Waals surface area contributed by atoms with Crippen LogP contribution in [0.5, 0.6) is 5.75 Å². The van der Waals surface area contributed by atoms with E-state index in [2.05, 4.69) is 25.5 Å². The van der Waals surface area contributed by atoms with Gasteiger partial charge in [-0.3, -0.25) is 4.57 Å². The summed E-state index contributed by atoms with van der Waals surface area (Å²) in [6.45, 7) is -0.479. The highest BCUT2D eigenvalue weighted by molar-refractivity contribution is 5.85. The molecule has 4 atom stereocenters. The summed E-state index contributed by atoms with van der Waals surface area (Å²) >= 11 is 0. The van der Waals surface area contributed by atoms with E-state index in [1.54, 1.807) is 18.2 Å². The van der Waals surface area contributed by atoms with Crippen LogP contribution in [-0.2, 0) is 4.74 Å². The quantitative estimate of drug-likeness (QED) is 0.233. The van der Waals surface area contributed by atoms with Gasteiger partial charge in [-0.15, -0.1) is 0 Å². The Labute approximate surface area is 163 Å². The number of para-hydroxylation sites is 1. The Hall–Kier alpha value is -3.32. The van der Waals surface area contributed by atoms with E-state index in [0.717, 1.165) is 0 Å². The molecular weight excluding hydrogens is 382 g/mol. The number of nitrogen functional groups attached to an aromatic ring is 1. The molecule has 0 aliphatic carbocycles. The predicted octanol–water partition coefficient (Wildman–Crippen LogP) is -0.828. The van der Waals surface area contributed by atoms with Crippen molar-refractivity contribution in [2.24, 2.45) is 5.10 Å². The second kappa shape index (κ2) is 7.60. The molecule has 4 rings (SSSR count). The van der Waals surface area contributed by atoms with Gasteiger partial charge < -0.3 is 30.9 Å². The smallest absolute Gasteiger partial charge is 0.228 e. The molecule has 1 aliphatic rings. The van der Waals surface area contributed by atoms with Gasteiger partial charge in [0.15, 0.2) is 23.2 Å². The molecule has 0 radical (unpaired) electrons. The van der Waals surface area contributed by atoms with E-state index in [1.165, 1.54) is 23.2 Å². The SMILES string of the molecule is Nc1ncnc2c1nc(N/N=C\c1ccccc1O)n2[C@@H]1O[C@@H](CO)[C@@H](O)[C@@H]1O. The number of anilines is 2. The van der Waals surface area contributed by atoms with Crippen LogP contribution in [0.25, 0.3) is 11.2 Å². The van der Waals surface area contributed by atoms with Crippen molar-refractivity contribution in [2.45, 2.75) is 24.5 Å². The lowest BCUT2D eigenvalue weighted by Crippen LogP contribution is -2.33. The zero-order valence-electron chi connectivity index (χ0n) is 15.0. The number of aromatic nitrogens is 4. The molecule has 0 saturated carbocycles. The molecule has 1 aromatic carbocycles. The molecule has 1 fully saturated rings. The fourth-order valence-electron chi connectivity index (χ4n) is 3.10. The number of phenolic OH excluding ortho intramolecular Hbond substituents is 1. The van der Waals surface area contributed by atoms with Gasteiger partial charge in [0.1, 0.15) is 30.4 Å². The fraction of sp³-hybridized carbons (Fsp3) is 0.294. The van der Waals surface area contributed by atoms with Gasteiger partial charge in [0.05, 0.1) is 12.8 Å². The monoisotopic (exact) mass is 401 g/mol. The minimum Gasteiger partial charge on any atom is -0.507 e. The molecule has 12 nitrogen and oxygen atoms in total. The largest absolute Gasteiger partial charge is 0.507 e. The molecule has 0 unspecified atom stereocenters. The van der Waals surface area contributed by atoms with Crippen LogP contribution in [0.3, 0.4) is 0 Å². The molecule has 1 aliphatic heterocycles. The van der Waals surface area contributed by atoms with Crippen LogP contribution in [0.2, 0.25) is 0 Å². The number of hydrogen-bond donors (Lipinski definition) is 6. The molecular formula is C17H19N7O5. The third-order valence-corrected chi connectivity index (χ3v) is 4.58. The minimum absolute atomic E-state index is 0.0464. The van der Waals surface area contributed by atoms with Crippen molar-refractivity contribution in [1.82, 2.24) is 19.5 Å². The van der Waals surface area contributed by atoms with Gasteiger partial charge in [-0.05, 0) is 12.1 Å². The van der Waals surface area contributed by atoms with Gasteiger partial charge in [-0.1, -0.05) is 12.1 Å². The second-order valence-electron chi connectivity index (χ2n) is 6.39. The highest BCUT2D eigenvalue weighted by atomic mass is 16.6. The lowest BCUT2D eigenvalue weighted by molar-refractivity contribution is -0.0501. The van der Waals surface area contributed by atoms with Crippen molar-refractivity contribution in [3.63, 3.8) is 0 Å². The minimum atomic E-state index is -1.36. The van der Waals surface area contributed by atoms with E-state index in [0.29, 0.717) is 5.56 Å². The number of rotatable bonds is 5. The first-order chi connectivity index (χ1) is 14.0. The van der Waals surface area contributed by atoms with Gasteiger partial charge in [-0.25, -0.2) is 20.4 Å². The Kier molecular flexibility index (Phi) is 4.98. The van der Waals surface area contributed by atoms with Crippen molar-refractivity contribution in [3.8, 4) is 5.75 Å². The number of nitrogens with zero attached hydrogens (tertiary/aromatic N) is 5. The van der Waals surface area contributed by atoms with Gasteiger partial charge >= 0.3 is 0 Å². The molecule has 7 N–H and O–H groups in total. The van der Waals surface area contributed by atoms with Gasteiger partial charge in [-0.2, -0.15) is 5.10 Å². The number of fused-ring (bicyclic) bond motifs is 1. The number of imidazole rings is 1. The van der Waals surface area contributed by atoms with Crippen LogP contribution in [0.1, 0.15) is 11.8 Å². The van der Waals surface area contributed by atoms with Crippen LogP contribution in [0, 0.1) is 0 Å². The van der Waals surface area contributed by atoms with E-state index in [-0.39, 0.29) is 28.7 Å². The molecule has 0 bridgehead atoms. The summed E-state index contributed by atoms with van der Waals surface area (Å²) in [6, 6.07) is 6.61. The molecule has 0 amide bonds.